The lowest BCUT2D eigenvalue weighted by Gasteiger charge is -2.02. The Morgan fingerprint density at radius 3 is 1.68 bits per heavy atom. The number of hydrogen-bond donors (Lipinski definition) is 2. The molecule has 8 nitrogen and oxygen atoms in total. The molecule has 44 heavy (non-hydrogen) atoms. The maximum Gasteiger partial charge on any atom is 0.236 e. The van der Waals surface area contributed by atoms with Crippen LogP contribution in [-0.2, 0) is 16.0 Å². The maximum absolute atomic E-state index is 12.0. The number of benzene rings is 2. The predicted octanol–water partition coefficient (Wildman–Crippen LogP) is 7.71. The fraction of sp³-hybridized carbons (Fsp3) is 0.0909. The van der Waals surface area contributed by atoms with E-state index in [0.29, 0.717) is 22.4 Å². The molecule has 2 amide bonds. The summed E-state index contributed by atoms with van der Waals surface area (Å²) in [6.45, 7) is 0. The molecule has 2 aromatic carbocycles. The molecule has 6 rings (SSSR count). The van der Waals surface area contributed by atoms with Crippen molar-refractivity contribution in [2.45, 2.75) is 17.7 Å². The highest BCUT2D eigenvalue weighted by atomic mass is 32.2. The molecular weight excluding hydrogens is 609 g/mol. The number of pyridine rings is 2. The third kappa shape index (κ3) is 9.66. The first-order valence-electron chi connectivity index (χ1n) is 13.7. The molecular formula is C33H28N6O2S3. The Labute approximate surface area is 267 Å². The number of thioether (sulfide) groups is 1. The average Bonchev–Trinajstić information content (AvgIpc) is 3.75. The molecule has 220 valence electrons. The van der Waals surface area contributed by atoms with E-state index in [1.807, 2.05) is 95.7 Å². The van der Waals surface area contributed by atoms with E-state index in [4.69, 9.17) is 0 Å². The zero-order valence-corrected chi connectivity index (χ0v) is 25.9. The topological polar surface area (TPSA) is 110 Å². The molecule has 0 bridgehead atoms. The maximum atomic E-state index is 12.0. The minimum Gasteiger partial charge on any atom is -0.302 e. The zero-order valence-electron chi connectivity index (χ0n) is 23.5. The minimum atomic E-state index is -0.0514. The molecule has 4 heterocycles. The Hall–Kier alpha value is -4.71. The lowest BCUT2D eigenvalue weighted by molar-refractivity contribution is -0.116. The Morgan fingerprint density at radius 2 is 1.14 bits per heavy atom. The lowest BCUT2D eigenvalue weighted by atomic mass is 10.1. The molecule has 0 aliphatic rings. The summed E-state index contributed by atoms with van der Waals surface area (Å²) in [7, 11) is 0. The summed E-state index contributed by atoms with van der Waals surface area (Å²) in [5, 5.41) is 10.8. The van der Waals surface area contributed by atoms with Crippen molar-refractivity contribution < 1.29 is 9.59 Å². The lowest BCUT2D eigenvalue weighted by Crippen LogP contribution is -2.13. The van der Waals surface area contributed by atoms with Crippen molar-refractivity contribution in [3.8, 4) is 22.5 Å². The smallest absolute Gasteiger partial charge is 0.236 e. The number of anilines is 2. The van der Waals surface area contributed by atoms with E-state index in [2.05, 4.69) is 30.6 Å². The first kappa shape index (κ1) is 30.7. The van der Waals surface area contributed by atoms with E-state index in [9.17, 15) is 9.59 Å². The van der Waals surface area contributed by atoms with Gasteiger partial charge < -0.3 is 10.6 Å². The second-order valence-electron chi connectivity index (χ2n) is 9.23. The van der Waals surface area contributed by atoms with Crippen molar-refractivity contribution in [3.05, 3.63) is 126 Å². The van der Waals surface area contributed by atoms with Crippen LogP contribution in [0.2, 0.25) is 0 Å². The molecule has 0 fully saturated rings. The van der Waals surface area contributed by atoms with E-state index in [-0.39, 0.29) is 11.8 Å². The Kier molecular flexibility index (Phi) is 11.3. The van der Waals surface area contributed by atoms with Crippen LogP contribution in [0.25, 0.3) is 22.5 Å². The van der Waals surface area contributed by atoms with Crippen LogP contribution in [0.5, 0.6) is 0 Å². The average molecular weight is 637 g/mol. The highest BCUT2D eigenvalue weighted by molar-refractivity contribution is 8.00. The summed E-state index contributed by atoms with van der Waals surface area (Å²) >= 11 is 4.36. The van der Waals surface area contributed by atoms with Gasteiger partial charge in [0.25, 0.3) is 0 Å². The highest BCUT2D eigenvalue weighted by Gasteiger charge is 2.10. The van der Waals surface area contributed by atoms with Crippen LogP contribution < -0.4 is 10.6 Å². The van der Waals surface area contributed by atoms with Gasteiger partial charge >= 0.3 is 0 Å². The van der Waals surface area contributed by atoms with Crippen molar-refractivity contribution >= 4 is 56.5 Å². The molecule has 0 aliphatic carbocycles. The SMILES string of the molecule is O=C(CCc1ccccc1)Nc1nc(-c2ccncc2)cs1.O=C(CSc1ccccc1)Nc1nc(-c2ccncc2)cs1. The molecule has 4 aromatic heterocycles. The molecule has 0 saturated heterocycles. The van der Waals surface area contributed by atoms with Gasteiger partial charge in [-0.2, -0.15) is 0 Å². The Morgan fingerprint density at radius 1 is 0.636 bits per heavy atom. The number of carbonyl (C=O) groups excluding carboxylic acids is 2. The van der Waals surface area contributed by atoms with Crippen LogP contribution in [0.1, 0.15) is 12.0 Å². The van der Waals surface area contributed by atoms with Gasteiger partial charge in [-0.05, 0) is 48.4 Å². The Balaban J connectivity index is 0.000000175. The van der Waals surface area contributed by atoms with Crippen LogP contribution in [-0.4, -0.2) is 37.5 Å². The number of amides is 2. The number of aromatic nitrogens is 4. The number of nitrogens with zero attached hydrogens (tertiary/aromatic N) is 4. The van der Waals surface area contributed by atoms with Crippen molar-refractivity contribution in [2.75, 3.05) is 16.4 Å². The van der Waals surface area contributed by atoms with Crippen molar-refractivity contribution in [1.82, 2.24) is 19.9 Å². The molecule has 0 radical (unpaired) electrons. The molecule has 0 unspecified atom stereocenters. The van der Waals surface area contributed by atoms with Crippen molar-refractivity contribution in [2.24, 2.45) is 0 Å². The zero-order chi connectivity index (χ0) is 30.4. The summed E-state index contributed by atoms with van der Waals surface area (Å²) in [4.78, 5) is 41.8. The molecule has 0 saturated carbocycles. The number of carbonyl (C=O) groups is 2. The van der Waals surface area contributed by atoms with E-state index in [1.54, 1.807) is 24.8 Å². The van der Waals surface area contributed by atoms with Crippen LogP contribution in [0.4, 0.5) is 10.3 Å². The molecule has 2 N–H and O–H groups in total. The first-order valence-corrected chi connectivity index (χ1v) is 16.4. The van der Waals surface area contributed by atoms with Crippen molar-refractivity contribution in [3.63, 3.8) is 0 Å². The summed E-state index contributed by atoms with van der Waals surface area (Å²) in [5.74, 6) is 0.303. The monoisotopic (exact) mass is 636 g/mol. The van der Waals surface area contributed by atoms with Gasteiger partial charge in [0.15, 0.2) is 10.3 Å². The first-order chi connectivity index (χ1) is 21.6. The van der Waals surface area contributed by atoms with E-state index in [0.717, 1.165) is 39.4 Å². The molecule has 6 aromatic rings. The molecule has 0 aliphatic heterocycles. The van der Waals surface area contributed by atoms with Gasteiger partial charge in [0, 0.05) is 58.0 Å². The van der Waals surface area contributed by atoms with E-state index < -0.39 is 0 Å². The predicted molar refractivity (Wildman–Crippen MR) is 180 cm³/mol. The van der Waals surface area contributed by atoms with Crippen LogP contribution in [0, 0.1) is 0 Å². The van der Waals surface area contributed by atoms with Gasteiger partial charge in [-0.1, -0.05) is 48.5 Å². The summed E-state index contributed by atoms with van der Waals surface area (Å²) in [6, 6.07) is 27.4. The highest BCUT2D eigenvalue weighted by Crippen LogP contribution is 2.26. The summed E-state index contributed by atoms with van der Waals surface area (Å²) < 4.78 is 0. The number of aryl methyl sites for hydroxylation is 1. The standard InChI is InChI=1S/C17H15N3OS.C16H13N3OS2/c21-16(7-6-13-4-2-1-3-5-13)20-17-19-15(12-22-17)14-8-10-18-11-9-14;20-15(11-21-13-4-2-1-3-5-13)19-16-18-14(10-22-16)12-6-8-17-9-7-12/h1-5,8-12H,6-7H2,(H,19,20,21);1-10H,11H2,(H,18,19,20). The van der Waals surface area contributed by atoms with Gasteiger partial charge in [-0.25, -0.2) is 9.97 Å². The second kappa shape index (κ2) is 16.2. The Bertz CT molecular complexity index is 1620. The van der Waals surface area contributed by atoms with Crippen molar-refractivity contribution in [1.29, 1.82) is 0 Å². The molecule has 11 heteroatoms. The number of rotatable bonds is 10. The largest absolute Gasteiger partial charge is 0.302 e. The number of nitrogens with one attached hydrogen (secondary N) is 2. The fourth-order valence-corrected chi connectivity index (χ4v) is 6.07. The van der Waals surface area contributed by atoms with E-state index >= 15 is 0 Å². The second-order valence-corrected chi connectivity index (χ2v) is 12.0. The fourth-order valence-electron chi connectivity index (χ4n) is 3.88. The quantitative estimate of drug-likeness (QED) is 0.148. The van der Waals surface area contributed by atoms with Gasteiger partial charge in [0.2, 0.25) is 11.8 Å². The van der Waals surface area contributed by atoms with Gasteiger partial charge in [0.1, 0.15) is 0 Å². The van der Waals surface area contributed by atoms with Gasteiger partial charge in [-0.3, -0.25) is 19.6 Å². The summed E-state index contributed by atoms with van der Waals surface area (Å²) in [5.41, 5.74) is 4.85. The molecule has 0 atom stereocenters. The van der Waals surface area contributed by atoms with Crippen LogP contribution in [0.3, 0.4) is 0 Å². The van der Waals surface area contributed by atoms with E-state index in [1.165, 1.54) is 34.4 Å². The van der Waals surface area contributed by atoms with Gasteiger partial charge in [-0.15, -0.1) is 34.4 Å². The van der Waals surface area contributed by atoms with Crippen LogP contribution in [0.15, 0.2) is 125 Å². The third-order valence-corrected chi connectivity index (χ3v) is 8.58. The third-order valence-electron chi connectivity index (χ3n) is 6.05. The minimum absolute atomic E-state index is 0.0144. The number of hydrogen-bond acceptors (Lipinski definition) is 9. The molecule has 0 spiro atoms. The van der Waals surface area contributed by atoms with Crippen LogP contribution >= 0.6 is 34.4 Å². The summed E-state index contributed by atoms with van der Waals surface area (Å²) in [6.07, 6.45) is 8.09. The number of thiazole rings is 2. The van der Waals surface area contributed by atoms with Gasteiger partial charge in [0.05, 0.1) is 17.1 Å². The normalized spacial score (nSPS) is 10.4.